The lowest BCUT2D eigenvalue weighted by Crippen LogP contribution is -2.06. The zero-order valence-corrected chi connectivity index (χ0v) is 8.56. The van der Waals surface area contributed by atoms with Gasteiger partial charge in [0, 0.05) is 12.6 Å². The maximum Gasteiger partial charge on any atom is 0.341 e. The van der Waals surface area contributed by atoms with Gasteiger partial charge < -0.3 is 9.84 Å². The third-order valence-corrected chi connectivity index (χ3v) is 1.77. The van der Waals surface area contributed by atoms with Crippen molar-refractivity contribution in [2.45, 2.75) is 13.3 Å². The highest BCUT2D eigenvalue weighted by atomic mass is 16.5. The van der Waals surface area contributed by atoms with E-state index in [9.17, 15) is 4.79 Å². The van der Waals surface area contributed by atoms with Crippen LogP contribution in [0.2, 0.25) is 0 Å². The van der Waals surface area contributed by atoms with Gasteiger partial charge in [-0.2, -0.15) is 0 Å². The van der Waals surface area contributed by atoms with Crippen molar-refractivity contribution in [1.82, 2.24) is 4.98 Å². The second-order valence-electron chi connectivity index (χ2n) is 3.22. The quantitative estimate of drug-likeness (QED) is 0.751. The van der Waals surface area contributed by atoms with Crippen LogP contribution in [-0.2, 0) is 0 Å². The van der Waals surface area contributed by atoms with E-state index >= 15 is 0 Å². The average molecular weight is 207 g/mol. The molecule has 0 aliphatic rings. The number of ether oxygens (including phenoxy) is 1. The first-order chi connectivity index (χ1) is 7.11. The van der Waals surface area contributed by atoms with E-state index in [0.717, 1.165) is 5.57 Å². The van der Waals surface area contributed by atoms with Crippen molar-refractivity contribution in [3.8, 4) is 5.88 Å². The van der Waals surface area contributed by atoms with Crippen molar-refractivity contribution < 1.29 is 14.6 Å². The molecule has 80 valence electrons. The Balaban J connectivity index is 2.67. The fourth-order valence-electron chi connectivity index (χ4n) is 0.991. The maximum atomic E-state index is 10.8. The Labute approximate surface area is 88.2 Å². The topological polar surface area (TPSA) is 59.4 Å². The molecule has 4 nitrogen and oxygen atoms in total. The van der Waals surface area contributed by atoms with Crippen LogP contribution in [0.1, 0.15) is 23.7 Å². The number of hydrogen-bond donors (Lipinski definition) is 1. The van der Waals surface area contributed by atoms with Crippen LogP contribution in [0.15, 0.2) is 30.5 Å². The summed E-state index contributed by atoms with van der Waals surface area (Å²) in [6.45, 7) is 6.01. The van der Waals surface area contributed by atoms with Gasteiger partial charge in [-0.05, 0) is 19.1 Å². The molecule has 1 heterocycles. The summed E-state index contributed by atoms with van der Waals surface area (Å²) in [6, 6.07) is 3.03. The predicted octanol–water partition coefficient (Wildman–Crippen LogP) is 2.12. The third kappa shape index (κ3) is 3.42. The largest absolute Gasteiger partial charge is 0.477 e. The van der Waals surface area contributed by atoms with E-state index < -0.39 is 5.97 Å². The minimum atomic E-state index is -1.03. The van der Waals surface area contributed by atoms with Gasteiger partial charge in [0.05, 0.1) is 6.61 Å². The van der Waals surface area contributed by atoms with Crippen molar-refractivity contribution in [3.63, 3.8) is 0 Å². The van der Waals surface area contributed by atoms with Crippen LogP contribution in [-0.4, -0.2) is 22.7 Å². The fourth-order valence-corrected chi connectivity index (χ4v) is 0.991. The van der Waals surface area contributed by atoms with Crippen LogP contribution in [0.3, 0.4) is 0 Å². The predicted molar refractivity (Wildman–Crippen MR) is 56.1 cm³/mol. The molecule has 0 aliphatic carbocycles. The van der Waals surface area contributed by atoms with Gasteiger partial charge in [0.2, 0.25) is 5.88 Å². The number of hydrogen-bond acceptors (Lipinski definition) is 3. The molecule has 0 saturated heterocycles. The van der Waals surface area contributed by atoms with Gasteiger partial charge in [-0.25, -0.2) is 9.78 Å². The van der Waals surface area contributed by atoms with E-state index in [0.29, 0.717) is 13.0 Å². The smallest absolute Gasteiger partial charge is 0.341 e. The molecule has 0 fully saturated rings. The summed E-state index contributed by atoms with van der Waals surface area (Å²) in [6.07, 6.45) is 2.19. The molecule has 4 heteroatoms. The van der Waals surface area contributed by atoms with Crippen molar-refractivity contribution in [1.29, 1.82) is 0 Å². The number of rotatable bonds is 5. The van der Waals surface area contributed by atoms with Crippen LogP contribution in [0.4, 0.5) is 0 Å². The van der Waals surface area contributed by atoms with Crippen LogP contribution in [0, 0.1) is 0 Å². The summed E-state index contributed by atoms with van der Waals surface area (Å²) < 4.78 is 5.26. The van der Waals surface area contributed by atoms with Crippen molar-refractivity contribution >= 4 is 5.97 Å². The standard InChI is InChI=1S/C11H13NO3/c1-8(2)5-7-15-10-9(11(13)14)4-3-6-12-10/h3-4,6H,1,5,7H2,2H3,(H,13,14). The number of aromatic nitrogens is 1. The van der Waals surface area contributed by atoms with Gasteiger partial charge in [-0.1, -0.05) is 5.57 Å². The first-order valence-electron chi connectivity index (χ1n) is 4.56. The summed E-state index contributed by atoms with van der Waals surface area (Å²) in [5.41, 5.74) is 1.07. The SMILES string of the molecule is C=C(C)CCOc1ncccc1C(=O)O. The molecule has 0 radical (unpaired) electrons. The molecule has 0 amide bonds. The molecule has 1 aromatic rings. The Morgan fingerprint density at radius 1 is 1.67 bits per heavy atom. The van der Waals surface area contributed by atoms with Crippen LogP contribution < -0.4 is 4.74 Å². The highest BCUT2D eigenvalue weighted by molar-refractivity contribution is 5.90. The minimum absolute atomic E-state index is 0.0826. The van der Waals surface area contributed by atoms with Crippen LogP contribution >= 0.6 is 0 Å². The maximum absolute atomic E-state index is 10.8. The number of carboxylic acid groups (broad SMARTS) is 1. The minimum Gasteiger partial charge on any atom is -0.477 e. The molecule has 0 aromatic carbocycles. The van der Waals surface area contributed by atoms with E-state index in [1.54, 1.807) is 6.07 Å². The molecule has 0 bridgehead atoms. The number of aromatic carboxylic acids is 1. The van der Waals surface area contributed by atoms with E-state index in [2.05, 4.69) is 11.6 Å². The molecule has 0 atom stereocenters. The van der Waals surface area contributed by atoms with Gasteiger partial charge in [0.15, 0.2) is 0 Å². The van der Waals surface area contributed by atoms with Crippen LogP contribution in [0.25, 0.3) is 0 Å². The number of pyridine rings is 1. The highest BCUT2D eigenvalue weighted by Gasteiger charge is 2.11. The Kier molecular flexibility index (Phi) is 3.85. The lowest BCUT2D eigenvalue weighted by Gasteiger charge is -2.06. The van der Waals surface area contributed by atoms with Crippen molar-refractivity contribution in [2.75, 3.05) is 6.61 Å². The summed E-state index contributed by atoms with van der Waals surface area (Å²) >= 11 is 0. The Bertz CT molecular complexity index is 374. The first kappa shape index (κ1) is 11.2. The molecule has 15 heavy (non-hydrogen) atoms. The van der Waals surface area contributed by atoms with Gasteiger partial charge in [-0.3, -0.25) is 0 Å². The third-order valence-electron chi connectivity index (χ3n) is 1.77. The van der Waals surface area contributed by atoms with Gasteiger partial charge >= 0.3 is 5.97 Å². The van der Waals surface area contributed by atoms with E-state index in [4.69, 9.17) is 9.84 Å². The fraction of sp³-hybridized carbons (Fsp3) is 0.273. The lowest BCUT2D eigenvalue weighted by molar-refractivity contribution is 0.0691. The second-order valence-corrected chi connectivity index (χ2v) is 3.22. The van der Waals surface area contributed by atoms with Crippen molar-refractivity contribution in [3.05, 3.63) is 36.0 Å². The summed E-state index contributed by atoms with van der Waals surface area (Å²) in [5, 5.41) is 8.84. The molecular weight excluding hydrogens is 194 g/mol. The van der Waals surface area contributed by atoms with E-state index in [1.165, 1.54) is 12.3 Å². The Hall–Kier alpha value is -1.84. The van der Waals surface area contributed by atoms with Crippen molar-refractivity contribution in [2.24, 2.45) is 0 Å². The van der Waals surface area contributed by atoms with Gasteiger partial charge in [0.1, 0.15) is 5.56 Å². The molecule has 0 aliphatic heterocycles. The molecule has 1 N–H and O–H groups in total. The molecule has 0 unspecified atom stereocenters. The molecule has 1 aromatic heterocycles. The average Bonchev–Trinajstić information content (AvgIpc) is 2.17. The molecule has 0 saturated carbocycles. The Morgan fingerprint density at radius 3 is 3.00 bits per heavy atom. The van der Waals surface area contributed by atoms with Gasteiger partial charge in [0.25, 0.3) is 0 Å². The van der Waals surface area contributed by atoms with E-state index in [1.807, 2.05) is 6.92 Å². The van der Waals surface area contributed by atoms with E-state index in [-0.39, 0.29) is 11.4 Å². The molecule has 1 rings (SSSR count). The zero-order chi connectivity index (χ0) is 11.3. The van der Waals surface area contributed by atoms with Crippen LogP contribution in [0.5, 0.6) is 5.88 Å². The Morgan fingerprint density at radius 2 is 2.40 bits per heavy atom. The van der Waals surface area contributed by atoms with Gasteiger partial charge in [-0.15, -0.1) is 6.58 Å². The second kappa shape index (κ2) is 5.14. The summed E-state index contributed by atoms with van der Waals surface area (Å²) in [5.74, 6) is -0.875. The monoisotopic (exact) mass is 207 g/mol. The number of carboxylic acids is 1. The highest BCUT2D eigenvalue weighted by Crippen LogP contribution is 2.14. The molecular formula is C11H13NO3. The number of carbonyl (C=O) groups is 1. The summed E-state index contributed by atoms with van der Waals surface area (Å²) in [7, 11) is 0. The molecule has 0 spiro atoms. The number of nitrogens with zero attached hydrogens (tertiary/aromatic N) is 1. The first-order valence-corrected chi connectivity index (χ1v) is 4.56. The zero-order valence-electron chi connectivity index (χ0n) is 8.56. The lowest BCUT2D eigenvalue weighted by atomic mass is 10.2. The normalized spacial score (nSPS) is 9.67. The summed E-state index contributed by atoms with van der Waals surface area (Å²) in [4.78, 5) is 14.6.